The van der Waals surface area contributed by atoms with Crippen LogP contribution in [0, 0.1) is 0 Å². The molecule has 6 atom stereocenters. The van der Waals surface area contributed by atoms with E-state index in [1.807, 2.05) is 6.92 Å². The summed E-state index contributed by atoms with van der Waals surface area (Å²) < 4.78 is 56.2. The number of carbonyl (C=O) groups is 4. The number of nitrogens with one attached hydrogen (secondary N) is 1. The van der Waals surface area contributed by atoms with Crippen LogP contribution in [0.5, 0.6) is 17.2 Å². The van der Waals surface area contributed by atoms with E-state index in [-0.39, 0.29) is 33.8 Å². The molecule has 2 aromatic rings. The number of amides is 1. The molecule has 1 amide bonds. The topological polar surface area (TPSA) is 189 Å². The van der Waals surface area contributed by atoms with Gasteiger partial charge >= 0.3 is 12.1 Å². The van der Waals surface area contributed by atoms with Gasteiger partial charge in [0.25, 0.3) is 0 Å². The molecule has 5 rings (SSSR count). The predicted octanol–water partition coefficient (Wildman–Crippen LogP) is 3.26. The molecule has 49 heavy (non-hydrogen) atoms. The molecule has 1 saturated heterocycles. The average molecular weight is 712 g/mol. The number of fused-ring (bicyclic) bond motifs is 3. The molecule has 2 aromatic carbocycles. The molecule has 5 N–H and O–H groups in total. The number of aliphatic hydroxyl groups excluding tert-OH is 1. The van der Waals surface area contributed by atoms with Gasteiger partial charge in [-0.2, -0.15) is 24.9 Å². The summed E-state index contributed by atoms with van der Waals surface area (Å²) >= 11 is 1.27. The number of methoxy groups -OCH3 is 1. The van der Waals surface area contributed by atoms with Crippen LogP contribution in [0.2, 0.25) is 0 Å². The third kappa shape index (κ3) is 6.76. The van der Waals surface area contributed by atoms with Crippen molar-refractivity contribution < 1.29 is 67.0 Å². The number of unbranched alkanes of at least 4 members (excludes halogenated alkanes) is 1. The molecule has 0 bridgehead atoms. The van der Waals surface area contributed by atoms with Crippen LogP contribution < -0.4 is 10.1 Å². The summed E-state index contributed by atoms with van der Waals surface area (Å²) in [7, 11) is 1.28. The second-order valence-corrected chi connectivity index (χ2v) is 13.4. The molecule has 12 nitrogen and oxygen atoms in total. The van der Waals surface area contributed by atoms with Crippen LogP contribution in [0.25, 0.3) is 0 Å². The van der Waals surface area contributed by atoms with E-state index in [2.05, 4.69) is 0 Å². The third-order valence-corrected chi connectivity index (χ3v) is 10.1. The second kappa shape index (κ2) is 13.9. The number of rotatable bonds is 10. The third-order valence-electron chi connectivity index (χ3n) is 9.07. The van der Waals surface area contributed by atoms with Crippen molar-refractivity contribution in [2.75, 3.05) is 18.6 Å². The van der Waals surface area contributed by atoms with Gasteiger partial charge in [-0.25, -0.2) is 0 Å². The van der Waals surface area contributed by atoms with Gasteiger partial charge < -0.3 is 40.0 Å². The van der Waals surface area contributed by atoms with Crippen LogP contribution in [-0.4, -0.2) is 98.6 Å². The second-order valence-electron chi connectivity index (χ2n) is 12.3. The Bertz CT molecular complexity index is 1680. The minimum absolute atomic E-state index is 0.0292. The lowest BCUT2D eigenvalue weighted by Crippen LogP contribution is -2.57. The van der Waals surface area contributed by atoms with Gasteiger partial charge in [-0.3, -0.25) is 19.2 Å². The van der Waals surface area contributed by atoms with Crippen LogP contribution in [0.4, 0.5) is 13.2 Å². The Morgan fingerprint density at radius 3 is 2.47 bits per heavy atom. The monoisotopic (exact) mass is 711 g/mol. The van der Waals surface area contributed by atoms with Gasteiger partial charge in [0, 0.05) is 36.0 Å². The number of hydrogen-bond acceptors (Lipinski definition) is 12. The largest absolute Gasteiger partial charge is 0.507 e. The summed E-state index contributed by atoms with van der Waals surface area (Å²) in [4.78, 5) is 52.8. The Labute approximate surface area is 282 Å². The number of phenolic OH excluding ortho intramolecular Hbond substituents is 2. The number of phenols is 2. The van der Waals surface area contributed by atoms with Gasteiger partial charge in [0.2, 0.25) is 5.78 Å². The highest BCUT2D eigenvalue weighted by Gasteiger charge is 2.51. The molecule has 0 radical (unpaired) electrons. The van der Waals surface area contributed by atoms with E-state index >= 15 is 0 Å². The first-order valence-electron chi connectivity index (χ1n) is 15.6. The SMILES string of the molecule is CCCCSCC(=O)[C@]1(O)Cc2c(O)c3c(c(O)c2[C@@H](O[C@H]2C[C@H](NC(=O)C(F)(F)F)[C@H](O)[C@H](C)O2)C1)C(=O)c1c(OC)cccc1C3=O. The smallest absolute Gasteiger partial charge is 0.471 e. The molecule has 1 heterocycles. The van der Waals surface area contributed by atoms with Gasteiger partial charge in [-0.15, -0.1) is 0 Å². The van der Waals surface area contributed by atoms with E-state index < -0.39 is 108 Å². The zero-order chi connectivity index (χ0) is 36.0. The number of benzene rings is 2. The summed E-state index contributed by atoms with van der Waals surface area (Å²) in [5.74, 6) is -5.66. The quantitative estimate of drug-likeness (QED) is 0.153. The Kier molecular flexibility index (Phi) is 10.4. The van der Waals surface area contributed by atoms with Crippen molar-refractivity contribution in [3.05, 3.63) is 51.6 Å². The zero-order valence-corrected chi connectivity index (χ0v) is 27.6. The Morgan fingerprint density at radius 1 is 1.12 bits per heavy atom. The molecule has 0 unspecified atom stereocenters. The van der Waals surface area contributed by atoms with E-state index in [9.17, 15) is 52.8 Å². The van der Waals surface area contributed by atoms with E-state index in [0.717, 1.165) is 12.8 Å². The Morgan fingerprint density at radius 2 is 1.82 bits per heavy atom. The van der Waals surface area contributed by atoms with Gasteiger partial charge in [-0.05, 0) is 25.2 Å². The number of Topliss-reactive ketones (excluding diaryl/α,β-unsaturated/α-hetero) is 1. The fraction of sp³-hybridized carbons (Fsp3) is 0.515. The van der Waals surface area contributed by atoms with Gasteiger partial charge in [0.05, 0.1) is 47.8 Å². The summed E-state index contributed by atoms with van der Waals surface area (Å²) in [6.07, 6.45) is -11.0. The molecule has 3 aliphatic rings. The van der Waals surface area contributed by atoms with Crippen molar-refractivity contribution in [2.24, 2.45) is 0 Å². The van der Waals surface area contributed by atoms with Crippen molar-refractivity contribution in [1.29, 1.82) is 0 Å². The highest BCUT2D eigenvalue weighted by molar-refractivity contribution is 7.99. The number of ketones is 3. The van der Waals surface area contributed by atoms with Crippen molar-refractivity contribution >= 4 is 35.0 Å². The minimum atomic E-state index is -5.25. The normalized spacial score (nSPS) is 26.4. The van der Waals surface area contributed by atoms with Crippen LogP contribution in [-0.2, 0) is 25.5 Å². The summed E-state index contributed by atoms with van der Waals surface area (Å²) in [6.45, 7) is 3.29. The lowest BCUT2D eigenvalue weighted by Gasteiger charge is -2.43. The van der Waals surface area contributed by atoms with Crippen molar-refractivity contribution in [3.8, 4) is 17.2 Å². The van der Waals surface area contributed by atoms with E-state index in [1.165, 1.54) is 44.0 Å². The van der Waals surface area contributed by atoms with Crippen LogP contribution >= 0.6 is 11.8 Å². The molecule has 1 fully saturated rings. The number of alkyl halides is 3. The summed E-state index contributed by atoms with van der Waals surface area (Å²) in [5, 5.41) is 47.3. The van der Waals surface area contributed by atoms with E-state index in [0.29, 0.717) is 5.75 Å². The fourth-order valence-electron chi connectivity index (χ4n) is 6.51. The first-order valence-corrected chi connectivity index (χ1v) is 16.8. The lowest BCUT2D eigenvalue weighted by molar-refractivity contribution is -0.250. The number of aromatic hydroxyl groups is 2. The summed E-state index contributed by atoms with van der Waals surface area (Å²) in [5.41, 5.74) is -4.10. The molecule has 0 saturated carbocycles. The number of carbonyl (C=O) groups excluding carboxylic acids is 4. The van der Waals surface area contributed by atoms with E-state index in [1.54, 1.807) is 5.32 Å². The molecule has 0 spiro atoms. The Hall–Kier alpha value is -3.70. The van der Waals surface area contributed by atoms with Crippen LogP contribution in [0.3, 0.4) is 0 Å². The number of ether oxygens (including phenoxy) is 3. The molecular formula is C33H36F3NO11S. The van der Waals surface area contributed by atoms with Gasteiger partial charge in [0.15, 0.2) is 17.9 Å². The number of hydrogen-bond donors (Lipinski definition) is 5. The highest BCUT2D eigenvalue weighted by Crippen LogP contribution is 2.52. The van der Waals surface area contributed by atoms with E-state index in [4.69, 9.17) is 14.2 Å². The number of aliphatic hydroxyl groups is 2. The van der Waals surface area contributed by atoms with Crippen LogP contribution in [0.1, 0.15) is 88.6 Å². The molecule has 2 aliphatic carbocycles. The predicted molar refractivity (Wildman–Crippen MR) is 167 cm³/mol. The molecule has 0 aromatic heterocycles. The number of halogens is 3. The van der Waals surface area contributed by atoms with Gasteiger partial charge in [0.1, 0.15) is 29.0 Å². The molecular weight excluding hydrogens is 675 g/mol. The molecule has 1 aliphatic heterocycles. The molecule has 16 heteroatoms. The van der Waals surface area contributed by atoms with Crippen LogP contribution in [0.15, 0.2) is 18.2 Å². The maximum absolute atomic E-state index is 13.9. The molecule has 266 valence electrons. The van der Waals surface area contributed by atoms with Gasteiger partial charge in [-0.1, -0.05) is 25.5 Å². The maximum Gasteiger partial charge on any atom is 0.471 e. The fourth-order valence-corrected chi connectivity index (χ4v) is 7.60. The zero-order valence-electron chi connectivity index (χ0n) is 26.8. The lowest BCUT2D eigenvalue weighted by atomic mass is 9.72. The maximum atomic E-state index is 13.9. The summed E-state index contributed by atoms with van der Waals surface area (Å²) in [6, 6.07) is 2.74. The van der Waals surface area contributed by atoms with Crippen molar-refractivity contribution in [3.63, 3.8) is 0 Å². The highest BCUT2D eigenvalue weighted by atomic mass is 32.2. The minimum Gasteiger partial charge on any atom is -0.507 e. The Balaban J connectivity index is 1.59. The first kappa shape index (κ1) is 36.6. The standard InChI is InChI=1S/C33H36F3NO11S/c1-4-5-9-49-13-20(38)32(45)11-16-23(19(12-32)48-21-10-17(26(39)14(2)47-21)37-31(44)33(34,35)36)30(43)25-24(28(16)41)27(40)15-7-6-8-18(46-3)22(15)29(25)42/h6-8,14,17,19,21,26,39,41,43,45H,4-5,9-13H2,1-3H3,(H,37,44)/t14-,17-,19-,21-,26+,32-/m0/s1. The van der Waals surface area contributed by atoms with Crippen molar-refractivity contribution in [1.82, 2.24) is 5.32 Å². The average Bonchev–Trinajstić information content (AvgIpc) is 3.04. The van der Waals surface area contributed by atoms with Crippen molar-refractivity contribution in [2.45, 2.75) is 88.4 Å². The number of thioether (sulfide) groups is 1. The first-order chi connectivity index (χ1) is 23.0.